The normalized spacial score (nSPS) is 13.3. The third-order valence-corrected chi connectivity index (χ3v) is 2.89. The zero-order valence-electron chi connectivity index (χ0n) is 13.1. The maximum atomic E-state index is 4.89. The predicted octanol–water partition coefficient (Wildman–Crippen LogP) is 5.06. The van der Waals surface area contributed by atoms with E-state index in [2.05, 4.69) is 52.2 Å². The lowest BCUT2D eigenvalue weighted by molar-refractivity contribution is 0.470. The number of nitrogens with zero attached hydrogens (tertiary/aromatic N) is 1. The van der Waals surface area contributed by atoms with Crippen LogP contribution >= 0.6 is 0 Å². The van der Waals surface area contributed by atoms with Gasteiger partial charge in [-0.1, -0.05) is 46.1 Å². The maximum absolute atomic E-state index is 4.89. The van der Waals surface area contributed by atoms with E-state index in [1.165, 1.54) is 25.7 Å². The van der Waals surface area contributed by atoms with Crippen LogP contribution in [0, 0.1) is 0 Å². The first kappa shape index (κ1) is 17.2. The van der Waals surface area contributed by atoms with Gasteiger partial charge < -0.3 is 5.32 Å². The second-order valence-electron chi connectivity index (χ2n) is 5.56. The molecule has 0 saturated heterocycles. The predicted molar refractivity (Wildman–Crippen MR) is 83.1 cm³/mol. The van der Waals surface area contributed by atoms with Gasteiger partial charge in [0, 0.05) is 6.42 Å². The van der Waals surface area contributed by atoms with Crippen molar-refractivity contribution in [3.63, 3.8) is 0 Å². The van der Waals surface area contributed by atoms with Crippen molar-refractivity contribution in [1.82, 2.24) is 5.32 Å². The SMILES string of the molecule is CCCC=CNC(CCCC)=NC(C)(C)CCC. The van der Waals surface area contributed by atoms with Crippen molar-refractivity contribution in [2.45, 2.75) is 85.1 Å². The van der Waals surface area contributed by atoms with Crippen molar-refractivity contribution < 1.29 is 0 Å². The highest BCUT2D eigenvalue weighted by atomic mass is 15.0. The molecule has 2 heteroatoms. The highest BCUT2D eigenvalue weighted by molar-refractivity contribution is 5.83. The van der Waals surface area contributed by atoms with Gasteiger partial charge in [0.15, 0.2) is 0 Å². The minimum Gasteiger partial charge on any atom is -0.351 e. The number of unbranched alkanes of at least 4 members (excludes halogenated alkanes) is 2. The molecular formula is C16H32N2. The molecule has 0 fully saturated rings. The molecule has 0 saturated carbocycles. The minimum absolute atomic E-state index is 0.0589. The number of hydrogen-bond acceptors (Lipinski definition) is 1. The molecule has 2 nitrogen and oxygen atoms in total. The first-order valence-corrected chi connectivity index (χ1v) is 7.56. The molecule has 0 amide bonds. The number of allylic oxidation sites excluding steroid dienone is 1. The average Bonchev–Trinajstić information content (AvgIpc) is 2.30. The third-order valence-electron chi connectivity index (χ3n) is 2.89. The molecule has 0 aromatic rings. The quantitative estimate of drug-likeness (QED) is 0.450. The summed E-state index contributed by atoms with van der Waals surface area (Å²) in [5.41, 5.74) is 0.0589. The molecule has 0 heterocycles. The van der Waals surface area contributed by atoms with Crippen LogP contribution in [-0.2, 0) is 0 Å². The van der Waals surface area contributed by atoms with E-state index in [1.54, 1.807) is 0 Å². The van der Waals surface area contributed by atoms with Crippen LogP contribution < -0.4 is 5.32 Å². The summed E-state index contributed by atoms with van der Waals surface area (Å²) in [4.78, 5) is 4.89. The minimum atomic E-state index is 0.0589. The summed E-state index contributed by atoms with van der Waals surface area (Å²) in [6, 6.07) is 0. The molecule has 0 unspecified atom stereocenters. The van der Waals surface area contributed by atoms with Gasteiger partial charge in [0.1, 0.15) is 5.84 Å². The molecule has 0 aliphatic heterocycles. The van der Waals surface area contributed by atoms with Gasteiger partial charge in [-0.25, -0.2) is 0 Å². The van der Waals surface area contributed by atoms with Gasteiger partial charge in [0.2, 0.25) is 0 Å². The van der Waals surface area contributed by atoms with Crippen molar-refractivity contribution in [2.75, 3.05) is 0 Å². The first-order valence-electron chi connectivity index (χ1n) is 7.56. The van der Waals surface area contributed by atoms with Crippen LogP contribution in [0.2, 0.25) is 0 Å². The molecule has 0 spiro atoms. The molecular weight excluding hydrogens is 220 g/mol. The van der Waals surface area contributed by atoms with E-state index in [4.69, 9.17) is 4.99 Å². The molecule has 0 aliphatic rings. The maximum Gasteiger partial charge on any atom is 0.101 e. The van der Waals surface area contributed by atoms with E-state index in [0.29, 0.717) is 0 Å². The van der Waals surface area contributed by atoms with E-state index in [9.17, 15) is 0 Å². The molecule has 0 aliphatic carbocycles. The van der Waals surface area contributed by atoms with Crippen molar-refractivity contribution in [3.05, 3.63) is 12.3 Å². The number of aliphatic imine (C=N–C) groups is 1. The summed E-state index contributed by atoms with van der Waals surface area (Å²) < 4.78 is 0. The molecule has 1 N–H and O–H groups in total. The highest BCUT2D eigenvalue weighted by Gasteiger charge is 2.15. The van der Waals surface area contributed by atoms with Crippen LogP contribution in [0.3, 0.4) is 0 Å². The molecule has 0 bridgehead atoms. The van der Waals surface area contributed by atoms with Crippen molar-refractivity contribution in [3.8, 4) is 0 Å². The van der Waals surface area contributed by atoms with Crippen LogP contribution in [0.15, 0.2) is 17.3 Å². The van der Waals surface area contributed by atoms with Gasteiger partial charge in [0.05, 0.1) is 5.54 Å². The Morgan fingerprint density at radius 3 is 2.39 bits per heavy atom. The number of rotatable bonds is 9. The Labute approximate surface area is 114 Å². The van der Waals surface area contributed by atoms with Crippen LogP contribution in [-0.4, -0.2) is 11.4 Å². The van der Waals surface area contributed by atoms with Gasteiger partial charge in [-0.15, -0.1) is 0 Å². The summed E-state index contributed by atoms with van der Waals surface area (Å²) in [7, 11) is 0. The van der Waals surface area contributed by atoms with Gasteiger partial charge in [-0.05, 0) is 39.3 Å². The summed E-state index contributed by atoms with van der Waals surface area (Å²) in [5.74, 6) is 1.14. The van der Waals surface area contributed by atoms with Crippen molar-refractivity contribution >= 4 is 5.84 Å². The fourth-order valence-corrected chi connectivity index (χ4v) is 1.94. The second-order valence-corrected chi connectivity index (χ2v) is 5.56. The summed E-state index contributed by atoms with van der Waals surface area (Å²) in [6.07, 6.45) is 12.4. The monoisotopic (exact) mass is 252 g/mol. The number of nitrogens with one attached hydrogen (secondary N) is 1. The molecule has 0 rings (SSSR count). The van der Waals surface area contributed by atoms with E-state index >= 15 is 0 Å². The van der Waals surface area contributed by atoms with Gasteiger partial charge in [-0.2, -0.15) is 0 Å². The number of amidine groups is 1. The smallest absolute Gasteiger partial charge is 0.101 e. The lowest BCUT2D eigenvalue weighted by Gasteiger charge is -2.21. The summed E-state index contributed by atoms with van der Waals surface area (Å²) >= 11 is 0. The standard InChI is InChI=1S/C16H32N2/c1-6-9-11-14-17-15(12-10-7-2)18-16(4,5)13-8-3/h11,14H,6-10,12-13H2,1-5H3,(H,17,18). The largest absolute Gasteiger partial charge is 0.351 e. The molecule has 0 aromatic carbocycles. The Morgan fingerprint density at radius 1 is 1.11 bits per heavy atom. The summed E-state index contributed by atoms with van der Waals surface area (Å²) in [6.45, 7) is 11.1. The van der Waals surface area contributed by atoms with Crippen LogP contribution in [0.25, 0.3) is 0 Å². The third kappa shape index (κ3) is 9.26. The van der Waals surface area contributed by atoms with Gasteiger partial charge >= 0.3 is 0 Å². The molecule has 0 aromatic heterocycles. The highest BCUT2D eigenvalue weighted by Crippen LogP contribution is 2.17. The van der Waals surface area contributed by atoms with E-state index in [1.807, 2.05) is 0 Å². The average molecular weight is 252 g/mol. The number of hydrogen-bond donors (Lipinski definition) is 1. The lowest BCUT2D eigenvalue weighted by Crippen LogP contribution is -2.25. The fraction of sp³-hybridized carbons (Fsp3) is 0.812. The van der Waals surface area contributed by atoms with Gasteiger partial charge in [-0.3, -0.25) is 4.99 Å². The fourth-order valence-electron chi connectivity index (χ4n) is 1.94. The topological polar surface area (TPSA) is 24.4 Å². The zero-order valence-corrected chi connectivity index (χ0v) is 13.1. The Balaban J connectivity index is 4.49. The molecule has 0 radical (unpaired) electrons. The Hall–Kier alpha value is -0.790. The molecule has 18 heavy (non-hydrogen) atoms. The summed E-state index contributed by atoms with van der Waals surface area (Å²) in [5, 5.41) is 3.37. The lowest BCUT2D eigenvalue weighted by atomic mass is 10.00. The molecule has 0 atom stereocenters. The van der Waals surface area contributed by atoms with Crippen LogP contribution in [0.5, 0.6) is 0 Å². The van der Waals surface area contributed by atoms with Crippen molar-refractivity contribution in [2.24, 2.45) is 4.99 Å². The van der Waals surface area contributed by atoms with E-state index in [-0.39, 0.29) is 5.54 Å². The Bertz CT molecular complexity index is 252. The van der Waals surface area contributed by atoms with Crippen LogP contribution in [0.4, 0.5) is 0 Å². The second kappa shape index (κ2) is 10.2. The first-order chi connectivity index (χ1) is 8.55. The zero-order chi connectivity index (χ0) is 13.9. The van der Waals surface area contributed by atoms with Crippen molar-refractivity contribution in [1.29, 1.82) is 0 Å². The Morgan fingerprint density at radius 2 is 1.83 bits per heavy atom. The van der Waals surface area contributed by atoms with E-state index in [0.717, 1.165) is 25.1 Å². The van der Waals surface area contributed by atoms with Gasteiger partial charge in [0.25, 0.3) is 0 Å². The van der Waals surface area contributed by atoms with E-state index < -0.39 is 0 Å². The Kier molecular flexibility index (Phi) is 9.72. The van der Waals surface area contributed by atoms with Crippen LogP contribution in [0.1, 0.15) is 79.6 Å². The molecule has 106 valence electrons.